The van der Waals surface area contributed by atoms with E-state index in [0.29, 0.717) is 29.4 Å². The molecule has 2 aliphatic rings. The topological polar surface area (TPSA) is 88.1 Å². The number of hydrogen-bond acceptors (Lipinski definition) is 8. The normalized spacial score (nSPS) is 17.3. The molecule has 11 heteroatoms. The summed E-state index contributed by atoms with van der Waals surface area (Å²) >= 11 is 13.3. The van der Waals surface area contributed by atoms with Crippen molar-refractivity contribution in [1.82, 2.24) is 25.3 Å². The highest BCUT2D eigenvalue weighted by Crippen LogP contribution is 2.39. The van der Waals surface area contributed by atoms with E-state index >= 15 is 0 Å². The maximum atomic E-state index is 6.17. The van der Waals surface area contributed by atoms with Crippen molar-refractivity contribution in [3.05, 3.63) is 59.4 Å². The van der Waals surface area contributed by atoms with Crippen LogP contribution in [0, 0.1) is 0 Å². The lowest BCUT2D eigenvalue weighted by Gasteiger charge is -2.38. The number of benzene rings is 1. The molecule has 1 saturated carbocycles. The van der Waals surface area contributed by atoms with Gasteiger partial charge in [0, 0.05) is 48.5 Å². The zero-order chi connectivity index (χ0) is 25.5. The van der Waals surface area contributed by atoms with Crippen LogP contribution in [0.4, 0.5) is 11.8 Å². The van der Waals surface area contributed by atoms with Crippen LogP contribution in [0.1, 0.15) is 37.7 Å². The van der Waals surface area contributed by atoms with E-state index in [2.05, 4.69) is 37.6 Å². The zero-order valence-electron chi connectivity index (χ0n) is 20.5. The molecular weight excluding hydrogens is 526 g/mol. The molecule has 3 heterocycles. The highest BCUT2D eigenvalue weighted by molar-refractivity contribution is 7.99. The Morgan fingerprint density at radius 1 is 1.05 bits per heavy atom. The molecule has 37 heavy (non-hydrogen) atoms. The van der Waals surface area contributed by atoms with Crippen LogP contribution in [0.3, 0.4) is 0 Å². The number of nitrogens with zero attached hydrogens (tertiary/aromatic N) is 5. The molecule has 2 N–H and O–H groups in total. The molecule has 0 radical (unpaired) electrons. The molecule has 1 aliphatic heterocycles. The van der Waals surface area contributed by atoms with Crippen molar-refractivity contribution in [3.8, 4) is 0 Å². The zero-order valence-corrected chi connectivity index (χ0v) is 22.9. The Hall–Kier alpha value is -2.53. The summed E-state index contributed by atoms with van der Waals surface area (Å²) in [6, 6.07) is 12.0. The number of halogens is 1. The van der Waals surface area contributed by atoms with E-state index in [4.69, 9.17) is 38.5 Å². The van der Waals surface area contributed by atoms with Gasteiger partial charge in [-0.05, 0) is 60.6 Å². The van der Waals surface area contributed by atoms with Crippen molar-refractivity contribution < 1.29 is 4.74 Å². The fourth-order valence-corrected chi connectivity index (χ4v) is 5.90. The summed E-state index contributed by atoms with van der Waals surface area (Å²) in [6.45, 7) is 3.63. The predicted molar refractivity (Wildman–Crippen MR) is 152 cm³/mol. The van der Waals surface area contributed by atoms with Gasteiger partial charge >= 0.3 is 0 Å². The van der Waals surface area contributed by atoms with E-state index in [1.165, 1.54) is 36.6 Å². The Bertz CT molecular complexity index is 1190. The van der Waals surface area contributed by atoms with Gasteiger partial charge < -0.3 is 20.3 Å². The molecule has 5 rings (SSSR count). The van der Waals surface area contributed by atoms with Crippen LogP contribution in [-0.4, -0.2) is 57.9 Å². The molecule has 0 amide bonds. The number of ether oxygens (including phenoxy) is 1. The van der Waals surface area contributed by atoms with Crippen molar-refractivity contribution in [2.75, 3.05) is 43.1 Å². The molecule has 0 bridgehead atoms. The first kappa shape index (κ1) is 26.1. The van der Waals surface area contributed by atoms with Gasteiger partial charge in [-0.15, -0.1) is 0 Å². The van der Waals surface area contributed by atoms with E-state index in [-0.39, 0.29) is 5.41 Å². The summed E-state index contributed by atoms with van der Waals surface area (Å²) in [5, 5.41) is 9.33. The molecule has 0 unspecified atom stereocenters. The third kappa shape index (κ3) is 6.87. The second kappa shape index (κ2) is 12.3. The Labute approximate surface area is 232 Å². The van der Waals surface area contributed by atoms with Crippen molar-refractivity contribution in [3.63, 3.8) is 0 Å². The van der Waals surface area contributed by atoms with E-state index in [1.54, 1.807) is 18.5 Å². The molecule has 3 aromatic rings. The van der Waals surface area contributed by atoms with Crippen molar-refractivity contribution in [2.24, 2.45) is 0 Å². The maximum Gasteiger partial charge on any atom is 0.232 e. The van der Waals surface area contributed by atoms with Crippen molar-refractivity contribution in [2.45, 2.75) is 47.7 Å². The summed E-state index contributed by atoms with van der Waals surface area (Å²) in [6.07, 6.45) is 9.36. The van der Waals surface area contributed by atoms with Gasteiger partial charge in [-0.3, -0.25) is 0 Å². The molecule has 2 aromatic heterocycles. The van der Waals surface area contributed by atoms with Gasteiger partial charge in [0.15, 0.2) is 10.3 Å². The maximum absolute atomic E-state index is 6.17. The fourth-order valence-electron chi connectivity index (χ4n) is 4.90. The monoisotopic (exact) mass is 555 g/mol. The van der Waals surface area contributed by atoms with Gasteiger partial charge in [-0.25, -0.2) is 15.0 Å². The number of thiocarbonyl (C=S) groups is 1. The molecule has 1 saturated heterocycles. The van der Waals surface area contributed by atoms with Crippen LogP contribution in [0.15, 0.2) is 59.0 Å². The SMILES string of the molecule is S=C(NCC1(c2ccc(Cl)cc2)CCCCC1)Nc1nc(Sc2ncccn2)cc(N2CCOCC2)n1. The molecule has 1 aliphatic carbocycles. The molecule has 8 nitrogen and oxygen atoms in total. The smallest absolute Gasteiger partial charge is 0.232 e. The largest absolute Gasteiger partial charge is 0.378 e. The molecule has 194 valence electrons. The quantitative estimate of drug-likeness (QED) is 0.233. The van der Waals surface area contributed by atoms with Crippen LogP contribution in [0.2, 0.25) is 5.02 Å². The number of rotatable bonds is 7. The summed E-state index contributed by atoms with van der Waals surface area (Å²) < 4.78 is 5.52. The number of aromatic nitrogens is 4. The summed E-state index contributed by atoms with van der Waals surface area (Å²) in [7, 11) is 0. The first-order chi connectivity index (χ1) is 18.1. The van der Waals surface area contributed by atoms with Gasteiger partial charge in [-0.1, -0.05) is 43.0 Å². The second-order valence-corrected chi connectivity index (χ2v) is 11.1. The van der Waals surface area contributed by atoms with Crippen LogP contribution >= 0.6 is 35.6 Å². The molecule has 0 spiro atoms. The average molecular weight is 556 g/mol. The molecule has 2 fully saturated rings. The number of anilines is 2. The minimum atomic E-state index is 0.0245. The molecule has 1 aromatic carbocycles. The second-order valence-electron chi connectivity index (χ2n) is 9.28. The van der Waals surface area contributed by atoms with E-state index < -0.39 is 0 Å². The van der Waals surface area contributed by atoms with Gasteiger partial charge in [0.05, 0.1) is 13.2 Å². The summed E-state index contributed by atoms with van der Waals surface area (Å²) in [4.78, 5) is 20.3. The lowest BCUT2D eigenvalue weighted by atomic mass is 9.69. The highest BCUT2D eigenvalue weighted by atomic mass is 35.5. The number of hydrogen-bond donors (Lipinski definition) is 2. The van der Waals surface area contributed by atoms with Gasteiger partial charge in [0.25, 0.3) is 0 Å². The number of nitrogens with one attached hydrogen (secondary N) is 2. The number of morpholine rings is 1. The third-order valence-electron chi connectivity index (χ3n) is 6.84. The minimum absolute atomic E-state index is 0.0245. The standard InChI is InChI=1S/C26H30ClN7OS2/c27-20-7-5-19(6-8-20)26(9-2-1-3-10-26)18-30-24(36)33-23-31-21(34-13-15-35-16-14-34)17-22(32-23)37-25-28-11-4-12-29-25/h4-8,11-12,17H,1-3,9-10,13-16,18H2,(H2,30,31,32,33,36). The van der Waals surface area contributed by atoms with Crippen molar-refractivity contribution >= 4 is 52.5 Å². The predicted octanol–water partition coefficient (Wildman–Crippen LogP) is 5.10. The summed E-state index contributed by atoms with van der Waals surface area (Å²) in [5.41, 5.74) is 1.33. The Morgan fingerprint density at radius 3 is 2.51 bits per heavy atom. The average Bonchev–Trinajstić information content (AvgIpc) is 2.94. The molecule has 0 atom stereocenters. The Balaban J connectivity index is 1.32. The highest BCUT2D eigenvalue weighted by Gasteiger charge is 2.34. The van der Waals surface area contributed by atoms with Gasteiger partial charge in [0.2, 0.25) is 5.95 Å². The van der Waals surface area contributed by atoms with Crippen LogP contribution < -0.4 is 15.5 Å². The van der Waals surface area contributed by atoms with E-state index in [9.17, 15) is 0 Å². The van der Waals surface area contributed by atoms with Crippen LogP contribution in [-0.2, 0) is 10.2 Å². The Morgan fingerprint density at radius 2 is 1.78 bits per heavy atom. The lowest BCUT2D eigenvalue weighted by Crippen LogP contribution is -2.43. The van der Waals surface area contributed by atoms with Crippen molar-refractivity contribution in [1.29, 1.82) is 0 Å². The third-order valence-corrected chi connectivity index (χ3v) is 8.15. The molecular formula is C26H30ClN7OS2. The first-order valence-electron chi connectivity index (χ1n) is 12.6. The fraction of sp³-hybridized carbons (Fsp3) is 0.423. The van der Waals surface area contributed by atoms with Crippen LogP contribution in [0.5, 0.6) is 0 Å². The lowest BCUT2D eigenvalue weighted by molar-refractivity contribution is 0.122. The van der Waals surface area contributed by atoms with E-state index in [1.807, 2.05) is 18.2 Å². The van der Waals surface area contributed by atoms with Gasteiger partial charge in [-0.2, -0.15) is 4.98 Å². The minimum Gasteiger partial charge on any atom is -0.378 e. The first-order valence-corrected chi connectivity index (χ1v) is 14.2. The Kier molecular flexibility index (Phi) is 8.70. The van der Waals surface area contributed by atoms with E-state index in [0.717, 1.165) is 48.3 Å². The van der Waals surface area contributed by atoms with Crippen LogP contribution in [0.25, 0.3) is 0 Å². The summed E-state index contributed by atoms with van der Waals surface area (Å²) in [5.74, 6) is 1.27. The van der Waals surface area contributed by atoms with Gasteiger partial charge in [0.1, 0.15) is 10.8 Å².